The third-order valence-corrected chi connectivity index (χ3v) is 5.38. The third-order valence-electron chi connectivity index (χ3n) is 5.38. The van der Waals surface area contributed by atoms with Crippen molar-refractivity contribution >= 4 is 33.1 Å². The van der Waals surface area contributed by atoms with Gasteiger partial charge in [-0.25, -0.2) is 0 Å². The molecule has 0 unspecified atom stereocenters. The molecule has 4 aromatic rings. The Balaban J connectivity index is 1.47. The first-order chi connectivity index (χ1) is 12.8. The van der Waals surface area contributed by atoms with Gasteiger partial charge >= 0.3 is 0 Å². The van der Waals surface area contributed by atoms with Crippen LogP contribution in [0, 0.1) is 0 Å². The van der Waals surface area contributed by atoms with Crippen LogP contribution in [0.25, 0.3) is 21.5 Å². The molecule has 0 saturated carbocycles. The van der Waals surface area contributed by atoms with Gasteiger partial charge in [0.1, 0.15) is 0 Å². The summed E-state index contributed by atoms with van der Waals surface area (Å²) < 4.78 is 0. The molecule has 0 saturated heterocycles. The van der Waals surface area contributed by atoms with Crippen LogP contribution < -0.4 is 5.32 Å². The van der Waals surface area contributed by atoms with Crippen molar-refractivity contribution in [3.63, 3.8) is 0 Å². The lowest BCUT2D eigenvalue weighted by Crippen LogP contribution is -2.15. The summed E-state index contributed by atoms with van der Waals surface area (Å²) in [7, 11) is 0. The van der Waals surface area contributed by atoms with E-state index in [1.807, 2.05) is 30.3 Å². The molecule has 4 aromatic carbocycles. The molecule has 0 heterocycles. The normalized spacial score (nSPS) is 12.6. The summed E-state index contributed by atoms with van der Waals surface area (Å²) in [5.41, 5.74) is 4.76. The number of hydrogen-bond acceptors (Lipinski definition) is 1. The van der Waals surface area contributed by atoms with Gasteiger partial charge in [0, 0.05) is 11.1 Å². The summed E-state index contributed by atoms with van der Waals surface area (Å²) in [5.74, 6) is 0.0278. The Kier molecular flexibility index (Phi) is 3.49. The molecule has 2 nitrogen and oxygen atoms in total. The minimum Gasteiger partial charge on any atom is -0.325 e. The molecular formula is C24H19NO. The Labute approximate surface area is 152 Å². The Bertz CT molecular complexity index is 1140. The predicted octanol–water partition coefficient (Wildman–Crippen LogP) is 5.27. The van der Waals surface area contributed by atoms with Gasteiger partial charge in [-0.15, -0.1) is 0 Å². The highest BCUT2D eigenvalue weighted by Gasteiger charge is 2.17. The fraction of sp³-hybridized carbons (Fsp3) is 0.125. The van der Waals surface area contributed by atoms with Crippen molar-refractivity contribution in [3.8, 4) is 0 Å². The van der Waals surface area contributed by atoms with Gasteiger partial charge in [-0.05, 0) is 51.8 Å². The largest absolute Gasteiger partial charge is 0.325 e. The van der Waals surface area contributed by atoms with E-state index in [4.69, 9.17) is 0 Å². The monoisotopic (exact) mass is 337 g/mol. The lowest BCUT2D eigenvalue weighted by atomic mass is 10.0. The van der Waals surface area contributed by atoms with Crippen molar-refractivity contribution in [1.29, 1.82) is 0 Å². The van der Waals surface area contributed by atoms with Crippen molar-refractivity contribution in [2.24, 2.45) is 0 Å². The number of nitrogens with one attached hydrogen (secondary N) is 1. The van der Waals surface area contributed by atoms with E-state index in [2.05, 4.69) is 47.8 Å². The first-order valence-corrected chi connectivity index (χ1v) is 9.09. The van der Waals surface area contributed by atoms with Gasteiger partial charge in [-0.1, -0.05) is 66.7 Å². The van der Waals surface area contributed by atoms with Gasteiger partial charge in [0.25, 0.3) is 0 Å². The average Bonchev–Trinajstić information content (AvgIpc) is 3.09. The van der Waals surface area contributed by atoms with E-state index in [9.17, 15) is 4.79 Å². The maximum atomic E-state index is 12.7. The molecule has 0 aliphatic heterocycles. The lowest BCUT2D eigenvalue weighted by Gasteiger charge is -2.11. The maximum Gasteiger partial charge on any atom is 0.228 e. The summed E-state index contributed by atoms with van der Waals surface area (Å²) in [5, 5.41) is 7.94. The Hall–Kier alpha value is -3.13. The van der Waals surface area contributed by atoms with E-state index < -0.39 is 0 Å². The zero-order valence-electron chi connectivity index (χ0n) is 14.5. The van der Waals surface area contributed by atoms with Crippen LogP contribution in [0.5, 0.6) is 0 Å². The Morgan fingerprint density at radius 2 is 1.50 bits per heavy atom. The van der Waals surface area contributed by atoms with E-state index >= 15 is 0 Å². The van der Waals surface area contributed by atoms with Crippen LogP contribution in [0.2, 0.25) is 0 Å². The van der Waals surface area contributed by atoms with Gasteiger partial charge in [0.05, 0.1) is 6.42 Å². The van der Waals surface area contributed by atoms with Crippen LogP contribution in [0.15, 0.2) is 72.8 Å². The second kappa shape index (κ2) is 5.99. The number of rotatable bonds is 3. The molecule has 0 atom stereocenters. The molecule has 1 aliphatic carbocycles. The number of benzene rings is 4. The fourth-order valence-corrected chi connectivity index (χ4v) is 4.17. The van der Waals surface area contributed by atoms with Crippen molar-refractivity contribution in [1.82, 2.24) is 0 Å². The zero-order chi connectivity index (χ0) is 17.5. The number of aryl methyl sites for hydroxylation is 2. The molecule has 0 spiro atoms. The second-order valence-corrected chi connectivity index (χ2v) is 6.98. The summed E-state index contributed by atoms with van der Waals surface area (Å²) in [6.45, 7) is 0. The molecule has 0 fully saturated rings. The quantitative estimate of drug-likeness (QED) is 0.542. The highest BCUT2D eigenvalue weighted by molar-refractivity contribution is 6.06. The number of hydrogen-bond donors (Lipinski definition) is 1. The summed E-state index contributed by atoms with van der Waals surface area (Å²) in [6, 6.07) is 25.0. The molecule has 2 heteroatoms. The van der Waals surface area contributed by atoms with E-state index in [0.29, 0.717) is 6.42 Å². The van der Waals surface area contributed by atoms with E-state index in [1.165, 1.54) is 21.9 Å². The summed E-state index contributed by atoms with van der Waals surface area (Å²) in [6.07, 6.45) is 2.57. The smallest absolute Gasteiger partial charge is 0.228 e. The fourth-order valence-electron chi connectivity index (χ4n) is 4.17. The van der Waals surface area contributed by atoms with Crippen LogP contribution in [0.3, 0.4) is 0 Å². The number of anilines is 1. The second-order valence-electron chi connectivity index (χ2n) is 6.98. The van der Waals surface area contributed by atoms with E-state index in [0.717, 1.165) is 34.9 Å². The van der Waals surface area contributed by atoms with Crippen molar-refractivity contribution in [3.05, 3.63) is 89.5 Å². The lowest BCUT2D eigenvalue weighted by molar-refractivity contribution is -0.115. The predicted molar refractivity (Wildman–Crippen MR) is 108 cm³/mol. The Morgan fingerprint density at radius 1 is 0.769 bits per heavy atom. The minimum absolute atomic E-state index is 0.0278. The molecule has 1 amide bonds. The summed E-state index contributed by atoms with van der Waals surface area (Å²) in [4.78, 5) is 12.7. The minimum atomic E-state index is 0.0278. The van der Waals surface area contributed by atoms with Crippen LogP contribution in [0.4, 0.5) is 5.69 Å². The first kappa shape index (κ1) is 15.2. The molecule has 5 rings (SSSR count). The van der Waals surface area contributed by atoms with Crippen molar-refractivity contribution < 1.29 is 4.79 Å². The number of carbonyl (C=O) groups is 1. The SMILES string of the molecule is O=C(Cc1cccc2ccccc12)Nc1ccc2c3c(cccc13)CC2. The van der Waals surface area contributed by atoms with Crippen molar-refractivity contribution in [2.45, 2.75) is 19.3 Å². The molecule has 0 bridgehead atoms. The molecule has 1 N–H and O–H groups in total. The number of fused-ring (bicyclic) bond motifs is 1. The van der Waals surface area contributed by atoms with Gasteiger partial charge in [0.2, 0.25) is 5.91 Å². The zero-order valence-corrected chi connectivity index (χ0v) is 14.5. The number of amides is 1. The van der Waals surface area contributed by atoms with Gasteiger partial charge in [-0.3, -0.25) is 4.79 Å². The van der Waals surface area contributed by atoms with E-state index in [-0.39, 0.29) is 5.91 Å². The molecule has 126 valence electrons. The third kappa shape index (κ3) is 2.46. The van der Waals surface area contributed by atoms with Gasteiger partial charge in [0.15, 0.2) is 0 Å². The van der Waals surface area contributed by atoms with Crippen LogP contribution >= 0.6 is 0 Å². The molecular weight excluding hydrogens is 318 g/mol. The Morgan fingerprint density at radius 3 is 2.42 bits per heavy atom. The van der Waals surface area contributed by atoms with Crippen LogP contribution in [-0.2, 0) is 24.1 Å². The molecule has 1 aliphatic rings. The number of carbonyl (C=O) groups excluding carboxylic acids is 1. The first-order valence-electron chi connectivity index (χ1n) is 9.09. The van der Waals surface area contributed by atoms with Crippen LogP contribution in [0.1, 0.15) is 16.7 Å². The van der Waals surface area contributed by atoms with Gasteiger partial charge in [-0.2, -0.15) is 0 Å². The average molecular weight is 337 g/mol. The molecule has 26 heavy (non-hydrogen) atoms. The highest BCUT2D eigenvalue weighted by Crippen LogP contribution is 2.35. The molecule has 0 aromatic heterocycles. The van der Waals surface area contributed by atoms with E-state index in [1.54, 1.807) is 0 Å². The maximum absolute atomic E-state index is 12.7. The highest BCUT2D eigenvalue weighted by atomic mass is 16.1. The standard InChI is InChI=1S/C24H19NO/c26-23(15-19-8-3-6-16-5-1-2-9-20(16)19)25-22-14-13-18-12-11-17-7-4-10-21(22)24(17)18/h1-10,13-14H,11-12,15H2,(H,25,26). The van der Waals surface area contributed by atoms with Crippen molar-refractivity contribution in [2.75, 3.05) is 5.32 Å². The molecule has 0 radical (unpaired) electrons. The van der Waals surface area contributed by atoms with Crippen LogP contribution in [-0.4, -0.2) is 5.91 Å². The topological polar surface area (TPSA) is 29.1 Å². The summed E-state index contributed by atoms with van der Waals surface area (Å²) >= 11 is 0. The van der Waals surface area contributed by atoms with Gasteiger partial charge < -0.3 is 5.32 Å².